The minimum absolute atomic E-state index is 0.0950. The van der Waals surface area contributed by atoms with Crippen LogP contribution in [0.15, 0.2) is 5.16 Å². The van der Waals surface area contributed by atoms with Gasteiger partial charge in [0, 0.05) is 0 Å². The van der Waals surface area contributed by atoms with Crippen molar-refractivity contribution in [2.24, 2.45) is 0 Å². The van der Waals surface area contributed by atoms with E-state index in [2.05, 4.69) is 30.1 Å². The number of aromatic amines is 1. The van der Waals surface area contributed by atoms with E-state index in [0.717, 1.165) is 0 Å². The highest BCUT2D eigenvalue weighted by molar-refractivity contribution is 7.98. The minimum atomic E-state index is 0.0950. The third-order valence-corrected chi connectivity index (χ3v) is 2.37. The zero-order chi connectivity index (χ0) is 11.5. The number of nitrogens with two attached hydrogens (primary N) is 3. The molecule has 2 rings (SSSR count). The first-order valence-corrected chi connectivity index (χ1v) is 5.18. The maximum Gasteiger partial charge on any atom is 0.225 e. The molecule has 0 aliphatic heterocycles. The summed E-state index contributed by atoms with van der Waals surface area (Å²) in [6, 6.07) is 0. The van der Waals surface area contributed by atoms with E-state index in [9.17, 15) is 0 Å². The van der Waals surface area contributed by atoms with Crippen molar-refractivity contribution in [1.82, 2.24) is 30.1 Å². The molecule has 2 aromatic rings. The zero-order valence-corrected chi connectivity index (χ0v) is 8.90. The maximum atomic E-state index is 5.42. The Morgan fingerprint density at radius 2 is 1.69 bits per heavy atom. The van der Waals surface area contributed by atoms with Crippen LogP contribution in [0.5, 0.6) is 0 Å². The van der Waals surface area contributed by atoms with Crippen molar-refractivity contribution in [3.05, 3.63) is 5.82 Å². The Bertz CT molecular complexity index is 474. The molecular formula is C6H9N9S. The Hall–Kier alpha value is -2.10. The van der Waals surface area contributed by atoms with Gasteiger partial charge in [-0.3, -0.25) is 0 Å². The molecular weight excluding hydrogens is 230 g/mol. The largest absolute Gasteiger partial charge is 0.368 e. The Kier molecular flexibility index (Phi) is 2.72. The first-order valence-electron chi connectivity index (χ1n) is 4.20. The van der Waals surface area contributed by atoms with Crippen molar-refractivity contribution in [2.75, 3.05) is 17.2 Å². The summed E-state index contributed by atoms with van der Waals surface area (Å²) in [5, 5.41) is 6.87. The fourth-order valence-corrected chi connectivity index (χ4v) is 1.63. The SMILES string of the molecule is Nc1nc(N)nc(CSc2n[nH]c(N)n2)n1. The zero-order valence-electron chi connectivity index (χ0n) is 8.08. The van der Waals surface area contributed by atoms with Crippen LogP contribution in [0.4, 0.5) is 17.8 Å². The van der Waals surface area contributed by atoms with Crippen molar-refractivity contribution < 1.29 is 0 Å². The third-order valence-electron chi connectivity index (χ3n) is 1.53. The molecule has 9 nitrogen and oxygen atoms in total. The van der Waals surface area contributed by atoms with Gasteiger partial charge in [-0.1, -0.05) is 11.8 Å². The van der Waals surface area contributed by atoms with Crippen molar-refractivity contribution in [1.29, 1.82) is 0 Å². The monoisotopic (exact) mass is 239 g/mol. The number of rotatable bonds is 3. The van der Waals surface area contributed by atoms with E-state index >= 15 is 0 Å². The fourth-order valence-electron chi connectivity index (χ4n) is 0.973. The molecule has 84 valence electrons. The summed E-state index contributed by atoms with van der Waals surface area (Å²) in [4.78, 5) is 15.4. The molecule has 16 heavy (non-hydrogen) atoms. The first-order chi connectivity index (χ1) is 7.63. The second kappa shape index (κ2) is 4.18. The molecule has 7 N–H and O–H groups in total. The predicted octanol–water partition coefficient (Wildman–Crippen LogP) is -0.971. The average Bonchev–Trinajstić information content (AvgIpc) is 2.60. The number of nitrogens with zero attached hydrogens (tertiary/aromatic N) is 5. The lowest BCUT2D eigenvalue weighted by atomic mass is 10.7. The summed E-state index contributed by atoms with van der Waals surface area (Å²) < 4.78 is 0. The molecule has 0 radical (unpaired) electrons. The molecule has 0 fully saturated rings. The molecule has 10 heteroatoms. The van der Waals surface area contributed by atoms with Gasteiger partial charge in [-0.2, -0.15) is 19.9 Å². The van der Waals surface area contributed by atoms with Crippen LogP contribution >= 0.6 is 11.8 Å². The Balaban J connectivity index is 2.04. The number of aromatic nitrogens is 6. The number of thioether (sulfide) groups is 1. The predicted molar refractivity (Wildman–Crippen MR) is 59.0 cm³/mol. The van der Waals surface area contributed by atoms with E-state index in [-0.39, 0.29) is 17.8 Å². The smallest absolute Gasteiger partial charge is 0.225 e. The summed E-state index contributed by atoms with van der Waals surface area (Å²) in [5.41, 5.74) is 16.2. The first kappa shape index (κ1) is 10.4. The molecule has 0 aliphatic carbocycles. The second-order valence-electron chi connectivity index (χ2n) is 2.76. The number of H-pyrrole nitrogens is 1. The van der Waals surface area contributed by atoms with Gasteiger partial charge in [-0.15, -0.1) is 5.10 Å². The van der Waals surface area contributed by atoms with Crippen LogP contribution in [0.2, 0.25) is 0 Å². The van der Waals surface area contributed by atoms with E-state index in [1.54, 1.807) is 0 Å². The van der Waals surface area contributed by atoms with Gasteiger partial charge in [0.2, 0.25) is 23.0 Å². The molecule has 0 saturated carbocycles. The molecule has 0 unspecified atom stereocenters. The number of hydrogen-bond donors (Lipinski definition) is 4. The van der Waals surface area contributed by atoms with Gasteiger partial charge in [0.25, 0.3) is 0 Å². The average molecular weight is 239 g/mol. The molecule has 2 aromatic heterocycles. The minimum Gasteiger partial charge on any atom is -0.368 e. The summed E-state index contributed by atoms with van der Waals surface area (Å²) in [7, 11) is 0. The summed E-state index contributed by atoms with van der Waals surface area (Å²) in [6.45, 7) is 0. The van der Waals surface area contributed by atoms with Crippen molar-refractivity contribution in [2.45, 2.75) is 10.9 Å². The molecule has 0 bridgehead atoms. The number of hydrogen-bond acceptors (Lipinski definition) is 9. The van der Waals surface area contributed by atoms with Crippen LogP contribution in [0.1, 0.15) is 5.82 Å². The van der Waals surface area contributed by atoms with E-state index in [1.807, 2.05) is 0 Å². The lowest BCUT2D eigenvalue weighted by Crippen LogP contribution is -2.05. The molecule has 0 amide bonds. The number of nitrogen functional groups attached to an aromatic ring is 3. The van der Waals surface area contributed by atoms with E-state index in [4.69, 9.17) is 17.2 Å². The summed E-state index contributed by atoms with van der Waals surface area (Å²) in [6.07, 6.45) is 0. The van der Waals surface area contributed by atoms with Gasteiger partial charge >= 0.3 is 0 Å². The van der Waals surface area contributed by atoms with Gasteiger partial charge in [0.1, 0.15) is 5.82 Å². The van der Waals surface area contributed by atoms with Crippen LogP contribution < -0.4 is 17.2 Å². The normalized spacial score (nSPS) is 10.5. The maximum absolute atomic E-state index is 5.42. The van der Waals surface area contributed by atoms with Gasteiger partial charge < -0.3 is 17.2 Å². The fraction of sp³-hybridized carbons (Fsp3) is 0.167. The summed E-state index contributed by atoms with van der Waals surface area (Å²) >= 11 is 1.31. The van der Waals surface area contributed by atoms with E-state index in [0.29, 0.717) is 16.7 Å². The quantitative estimate of drug-likeness (QED) is 0.494. The molecule has 0 saturated heterocycles. The lowest BCUT2D eigenvalue weighted by Gasteiger charge is -1.99. The molecule has 2 heterocycles. The van der Waals surface area contributed by atoms with Gasteiger partial charge in [-0.25, -0.2) is 5.10 Å². The van der Waals surface area contributed by atoms with Gasteiger partial charge in [0.05, 0.1) is 5.75 Å². The van der Waals surface area contributed by atoms with Gasteiger partial charge in [-0.05, 0) is 0 Å². The molecule has 0 aliphatic rings. The Labute approximate surface area is 94.3 Å². The molecule has 0 aromatic carbocycles. The Morgan fingerprint density at radius 1 is 1.00 bits per heavy atom. The lowest BCUT2D eigenvalue weighted by molar-refractivity contribution is 0.957. The molecule has 0 spiro atoms. The van der Waals surface area contributed by atoms with Crippen LogP contribution in [0.3, 0.4) is 0 Å². The molecule has 0 atom stereocenters. The standard InChI is InChI=1S/C6H9N9S/c7-3-10-2(11-4(8)12-3)1-16-6-13-5(9)14-15-6/h1H2,(H3,9,13,14,15)(H4,7,8,10,11,12). The highest BCUT2D eigenvalue weighted by Crippen LogP contribution is 2.17. The van der Waals surface area contributed by atoms with Crippen LogP contribution in [0.25, 0.3) is 0 Å². The van der Waals surface area contributed by atoms with Crippen LogP contribution in [-0.2, 0) is 5.75 Å². The third kappa shape index (κ3) is 2.48. The van der Waals surface area contributed by atoms with Crippen molar-refractivity contribution in [3.8, 4) is 0 Å². The van der Waals surface area contributed by atoms with Gasteiger partial charge in [0.15, 0.2) is 0 Å². The second-order valence-corrected chi connectivity index (χ2v) is 3.70. The van der Waals surface area contributed by atoms with Crippen molar-refractivity contribution >= 4 is 29.6 Å². The summed E-state index contributed by atoms with van der Waals surface area (Å²) in [5.74, 6) is 1.36. The highest BCUT2D eigenvalue weighted by atomic mass is 32.2. The van der Waals surface area contributed by atoms with Crippen LogP contribution in [-0.4, -0.2) is 30.1 Å². The Morgan fingerprint density at radius 3 is 2.25 bits per heavy atom. The van der Waals surface area contributed by atoms with Crippen LogP contribution in [0, 0.1) is 0 Å². The van der Waals surface area contributed by atoms with E-state index < -0.39 is 0 Å². The van der Waals surface area contributed by atoms with E-state index in [1.165, 1.54) is 11.8 Å². The number of anilines is 3. The topological polar surface area (TPSA) is 158 Å². The highest BCUT2D eigenvalue weighted by Gasteiger charge is 2.05. The number of nitrogens with one attached hydrogen (secondary N) is 1. The van der Waals surface area contributed by atoms with Crippen molar-refractivity contribution in [3.63, 3.8) is 0 Å².